The third kappa shape index (κ3) is 8.01. The van der Waals surface area contributed by atoms with Gasteiger partial charge in [0.2, 0.25) is 5.91 Å². The number of aliphatic imine (C=N–C) groups is 1. The predicted octanol–water partition coefficient (Wildman–Crippen LogP) is 1.65. The molecule has 0 spiro atoms. The minimum absolute atomic E-state index is 0.00332. The molecule has 1 aromatic carbocycles. The zero-order chi connectivity index (χ0) is 21.3. The Kier molecular flexibility index (Phi) is 8.30. The molecule has 8 heteroatoms. The summed E-state index contributed by atoms with van der Waals surface area (Å²) in [5.74, 6) is 0.549. The normalized spacial score (nSPS) is 14.1. The zero-order valence-corrected chi connectivity index (χ0v) is 17.9. The highest BCUT2D eigenvalue weighted by Crippen LogP contribution is 2.18. The van der Waals surface area contributed by atoms with E-state index in [9.17, 15) is 9.59 Å². The van der Waals surface area contributed by atoms with Gasteiger partial charge in [0, 0.05) is 32.7 Å². The van der Waals surface area contributed by atoms with Crippen LogP contribution in [0.4, 0.5) is 4.79 Å². The van der Waals surface area contributed by atoms with Crippen LogP contribution < -0.4 is 16.0 Å². The number of guanidine groups is 1. The van der Waals surface area contributed by atoms with Gasteiger partial charge in [0.05, 0.1) is 0 Å². The fourth-order valence-electron chi connectivity index (χ4n) is 2.96. The van der Waals surface area contributed by atoms with Gasteiger partial charge in [0.25, 0.3) is 0 Å². The first-order valence-electron chi connectivity index (χ1n) is 10.1. The molecule has 3 N–H and O–H groups in total. The Hall–Kier alpha value is -2.77. The van der Waals surface area contributed by atoms with Gasteiger partial charge in [-0.1, -0.05) is 24.3 Å². The van der Waals surface area contributed by atoms with E-state index in [-0.39, 0.29) is 12.5 Å². The monoisotopic (exact) mass is 403 g/mol. The topological polar surface area (TPSA) is 95.1 Å². The van der Waals surface area contributed by atoms with Crippen LogP contribution in [0, 0.1) is 0 Å². The van der Waals surface area contributed by atoms with E-state index in [1.54, 1.807) is 0 Å². The fourth-order valence-corrected chi connectivity index (χ4v) is 2.96. The average molecular weight is 404 g/mol. The minimum atomic E-state index is -0.525. The molecule has 0 aliphatic carbocycles. The van der Waals surface area contributed by atoms with Crippen molar-refractivity contribution in [1.29, 1.82) is 0 Å². The molecule has 1 heterocycles. The van der Waals surface area contributed by atoms with Gasteiger partial charge in [-0.15, -0.1) is 0 Å². The first-order chi connectivity index (χ1) is 13.8. The van der Waals surface area contributed by atoms with E-state index in [0.717, 1.165) is 13.0 Å². The summed E-state index contributed by atoms with van der Waals surface area (Å²) >= 11 is 0. The Bertz CT molecular complexity index is 727. The van der Waals surface area contributed by atoms with Gasteiger partial charge in [0.15, 0.2) is 5.96 Å². The maximum absolute atomic E-state index is 12.6. The van der Waals surface area contributed by atoms with Gasteiger partial charge < -0.3 is 25.6 Å². The van der Waals surface area contributed by atoms with Gasteiger partial charge in [0.1, 0.15) is 12.1 Å². The number of carbonyl (C=O) groups excluding carboxylic acids is 2. The van der Waals surface area contributed by atoms with Crippen LogP contribution in [0.15, 0.2) is 29.3 Å². The lowest BCUT2D eigenvalue weighted by molar-refractivity contribution is -0.130. The lowest BCUT2D eigenvalue weighted by atomic mass is 10.00. The summed E-state index contributed by atoms with van der Waals surface area (Å²) in [6, 6.07) is 8.23. The maximum atomic E-state index is 12.6. The van der Waals surface area contributed by atoms with Crippen LogP contribution in [0.25, 0.3) is 0 Å². The second-order valence-corrected chi connectivity index (χ2v) is 7.88. The summed E-state index contributed by atoms with van der Waals surface area (Å²) in [7, 11) is 0. The van der Waals surface area contributed by atoms with E-state index in [1.165, 1.54) is 11.1 Å². The van der Waals surface area contributed by atoms with Crippen molar-refractivity contribution < 1.29 is 14.3 Å². The van der Waals surface area contributed by atoms with Crippen molar-refractivity contribution in [1.82, 2.24) is 20.9 Å². The summed E-state index contributed by atoms with van der Waals surface area (Å²) < 4.78 is 5.19. The molecule has 0 aromatic heterocycles. The number of nitrogens with zero attached hydrogens (tertiary/aromatic N) is 2. The van der Waals surface area contributed by atoms with Gasteiger partial charge in [-0.25, -0.2) is 9.79 Å². The number of carbonyl (C=O) groups is 2. The highest BCUT2D eigenvalue weighted by Gasteiger charge is 2.20. The highest BCUT2D eigenvalue weighted by atomic mass is 16.6. The minimum Gasteiger partial charge on any atom is -0.444 e. The zero-order valence-electron chi connectivity index (χ0n) is 17.9. The first kappa shape index (κ1) is 22.5. The number of amides is 2. The van der Waals surface area contributed by atoms with E-state index in [0.29, 0.717) is 32.1 Å². The molecule has 0 saturated carbocycles. The number of nitrogens with one attached hydrogen (secondary N) is 3. The van der Waals surface area contributed by atoms with Crippen LogP contribution in [-0.2, 0) is 22.5 Å². The third-order valence-corrected chi connectivity index (χ3v) is 4.29. The number of ether oxygens (including phenoxy) is 1. The Morgan fingerprint density at radius 1 is 1.10 bits per heavy atom. The molecule has 0 fully saturated rings. The van der Waals surface area contributed by atoms with E-state index in [2.05, 4.69) is 33.1 Å². The van der Waals surface area contributed by atoms with Gasteiger partial charge in [-0.2, -0.15) is 0 Å². The Labute approximate surface area is 173 Å². The van der Waals surface area contributed by atoms with Crippen LogP contribution >= 0.6 is 0 Å². The molecule has 29 heavy (non-hydrogen) atoms. The van der Waals surface area contributed by atoms with Gasteiger partial charge >= 0.3 is 6.09 Å². The smallest absolute Gasteiger partial charge is 0.407 e. The van der Waals surface area contributed by atoms with Crippen LogP contribution in [0.5, 0.6) is 0 Å². The summed E-state index contributed by atoms with van der Waals surface area (Å²) in [6.07, 6.45) is 0.419. The second kappa shape index (κ2) is 10.7. The van der Waals surface area contributed by atoms with Crippen LogP contribution in [-0.4, -0.2) is 61.2 Å². The molecule has 0 saturated heterocycles. The average Bonchev–Trinajstić information content (AvgIpc) is 2.67. The SMILES string of the molecule is CCNC(=NCC(=O)N1CCc2ccccc2C1)NCCNC(=O)OC(C)(C)C. The molecule has 1 aliphatic rings. The lowest BCUT2D eigenvalue weighted by Crippen LogP contribution is -2.43. The number of alkyl carbamates (subject to hydrolysis) is 1. The summed E-state index contributed by atoms with van der Waals surface area (Å²) in [5, 5.41) is 8.90. The molecule has 2 rings (SSSR count). The summed E-state index contributed by atoms with van der Waals surface area (Å²) in [4.78, 5) is 30.4. The number of fused-ring (bicyclic) bond motifs is 1. The Morgan fingerprint density at radius 3 is 2.48 bits per heavy atom. The Balaban J connectivity index is 1.78. The molecular weight excluding hydrogens is 370 g/mol. The van der Waals surface area contributed by atoms with E-state index in [4.69, 9.17) is 4.74 Å². The summed E-state index contributed by atoms with van der Waals surface area (Å²) in [5.41, 5.74) is 1.99. The molecule has 0 atom stereocenters. The number of hydrogen-bond acceptors (Lipinski definition) is 4. The largest absolute Gasteiger partial charge is 0.444 e. The van der Waals surface area contributed by atoms with Crippen molar-refractivity contribution in [3.05, 3.63) is 35.4 Å². The van der Waals surface area contributed by atoms with Crippen LogP contribution in [0.3, 0.4) is 0 Å². The van der Waals surface area contributed by atoms with Gasteiger partial charge in [-0.05, 0) is 45.2 Å². The molecule has 1 aromatic rings. The lowest BCUT2D eigenvalue weighted by Gasteiger charge is -2.28. The number of hydrogen-bond donors (Lipinski definition) is 3. The van der Waals surface area contributed by atoms with Crippen molar-refractivity contribution >= 4 is 18.0 Å². The predicted molar refractivity (Wildman–Crippen MR) is 114 cm³/mol. The van der Waals surface area contributed by atoms with E-state index >= 15 is 0 Å². The quantitative estimate of drug-likeness (QED) is 0.381. The van der Waals surface area contributed by atoms with Gasteiger partial charge in [-0.3, -0.25) is 4.79 Å². The van der Waals surface area contributed by atoms with Crippen molar-refractivity contribution in [2.24, 2.45) is 4.99 Å². The molecule has 0 radical (unpaired) electrons. The van der Waals surface area contributed by atoms with E-state index in [1.807, 2.05) is 44.7 Å². The Morgan fingerprint density at radius 2 is 1.79 bits per heavy atom. The molecule has 2 amide bonds. The van der Waals surface area contributed by atoms with Crippen molar-refractivity contribution in [2.45, 2.75) is 46.3 Å². The molecule has 1 aliphatic heterocycles. The van der Waals surface area contributed by atoms with Crippen molar-refractivity contribution in [3.8, 4) is 0 Å². The molecule has 8 nitrogen and oxygen atoms in total. The second-order valence-electron chi connectivity index (χ2n) is 7.88. The highest BCUT2D eigenvalue weighted by molar-refractivity contribution is 5.85. The van der Waals surface area contributed by atoms with Crippen molar-refractivity contribution in [3.63, 3.8) is 0 Å². The maximum Gasteiger partial charge on any atom is 0.407 e. The molecular formula is C21H33N5O3. The fraction of sp³-hybridized carbons (Fsp3) is 0.571. The number of rotatable bonds is 6. The molecule has 160 valence electrons. The molecule has 0 bridgehead atoms. The first-order valence-corrected chi connectivity index (χ1v) is 10.1. The summed E-state index contributed by atoms with van der Waals surface area (Å²) in [6.45, 7) is 10.4. The third-order valence-electron chi connectivity index (χ3n) is 4.29. The van der Waals surface area contributed by atoms with E-state index < -0.39 is 11.7 Å². The standard InChI is InChI=1S/C21H33N5O3/c1-5-22-19(23-11-12-24-20(28)29-21(2,3)4)25-14-18(27)26-13-10-16-8-6-7-9-17(16)15-26/h6-9H,5,10-15H2,1-4H3,(H,24,28)(H2,22,23,25). The number of benzene rings is 1. The molecule has 0 unspecified atom stereocenters. The van der Waals surface area contributed by atoms with Crippen LogP contribution in [0.1, 0.15) is 38.8 Å². The van der Waals surface area contributed by atoms with Crippen LogP contribution in [0.2, 0.25) is 0 Å². The van der Waals surface area contributed by atoms with Crippen molar-refractivity contribution in [2.75, 3.05) is 32.7 Å².